The Bertz CT molecular complexity index is 604. The monoisotopic (exact) mass is 255 g/mol. The van der Waals surface area contributed by atoms with E-state index >= 15 is 0 Å². The molecule has 19 heavy (non-hydrogen) atoms. The second kappa shape index (κ2) is 6.17. The van der Waals surface area contributed by atoms with Gasteiger partial charge in [0.25, 0.3) is 0 Å². The third kappa shape index (κ3) is 3.82. The Kier molecular flexibility index (Phi) is 4.09. The molecule has 2 aromatic rings. The molecule has 1 heterocycles. The number of hydrogen-bond acceptors (Lipinski definition) is 4. The minimum Gasteiger partial charge on any atom is -0.508 e. The first-order valence-electron chi connectivity index (χ1n) is 5.63. The molecule has 0 spiro atoms. The Labute approximate surface area is 110 Å². The van der Waals surface area contributed by atoms with Gasteiger partial charge >= 0.3 is 0 Å². The lowest BCUT2D eigenvalue weighted by molar-refractivity contribution is 0.475. The molecule has 0 aliphatic carbocycles. The van der Waals surface area contributed by atoms with Gasteiger partial charge in [0.15, 0.2) is 5.84 Å². The zero-order valence-corrected chi connectivity index (χ0v) is 10.1. The van der Waals surface area contributed by atoms with E-state index < -0.39 is 0 Å². The number of nitrogens with one attached hydrogen (secondary N) is 1. The number of phenols is 1. The number of amidine groups is 1. The van der Waals surface area contributed by atoms with Gasteiger partial charge in [-0.2, -0.15) is 0 Å². The van der Waals surface area contributed by atoms with E-state index in [0.29, 0.717) is 17.8 Å². The fourth-order valence-electron chi connectivity index (χ4n) is 1.37. The summed E-state index contributed by atoms with van der Waals surface area (Å²) in [5.41, 5.74) is 9.01. The summed E-state index contributed by atoms with van der Waals surface area (Å²) in [5.74, 6) is 4.12. The van der Waals surface area contributed by atoms with E-state index in [1.807, 2.05) is 12.1 Å². The Morgan fingerprint density at radius 1 is 1.32 bits per heavy atom. The molecular weight excluding hydrogens is 242 g/mol. The van der Waals surface area contributed by atoms with Crippen molar-refractivity contribution < 1.29 is 9.52 Å². The second-order valence-corrected chi connectivity index (χ2v) is 3.71. The van der Waals surface area contributed by atoms with Crippen molar-refractivity contribution in [3.63, 3.8) is 0 Å². The van der Waals surface area contributed by atoms with Gasteiger partial charge in [-0.3, -0.25) is 0 Å². The number of furan rings is 1. The molecule has 4 N–H and O–H groups in total. The van der Waals surface area contributed by atoms with Crippen molar-refractivity contribution in [2.45, 2.75) is 6.42 Å². The highest BCUT2D eigenvalue weighted by Gasteiger charge is 1.97. The molecule has 0 radical (unpaired) electrons. The smallest absolute Gasteiger partial charge is 0.151 e. The lowest BCUT2D eigenvalue weighted by Gasteiger charge is -1.99. The Balaban J connectivity index is 1.88. The first kappa shape index (κ1) is 12.6. The van der Waals surface area contributed by atoms with E-state index in [1.165, 1.54) is 0 Å². The van der Waals surface area contributed by atoms with Gasteiger partial charge in [0.05, 0.1) is 12.7 Å². The molecule has 0 saturated heterocycles. The van der Waals surface area contributed by atoms with Crippen molar-refractivity contribution in [2.75, 3.05) is 0 Å². The predicted molar refractivity (Wildman–Crippen MR) is 72.2 cm³/mol. The Hall–Kier alpha value is -2.87. The molecule has 5 heteroatoms. The summed E-state index contributed by atoms with van der Waals surface area (Å²) in [5, 5.41) is 13.0. The van der Waals surface area contributed by atoms with Gasteiger partial charge in [-0.1, -0.05) is 5.92 Å². The van der Waals surface area contributed by atoms with E-state index in [9.17, 15) is 0 Å². The van der Waals surface area contributed by atoms with Gasteiger partial charge in [-0.05, 0) is 36.4 Å². The maximum Gasteiger partial charge on any atom is 0.151 e. The summed E-state index contributed by atoms with van der Waals surface area (Å²) < 4.78 is 5.13. The van der Waals surface area contributed by atoms with E-state index in [-0.39, 0.29) is 5.75 Å². The standard InChI is InChI=1S/C14H13N3O2/c15-14(11-5-7-12(18)8-6-11)17-16-9-1-3-13-4-2-10-19-13/h2,4-8,10,16,18H,3H2,(H2,15,17). The van der Waals surface area contributed by atoms with Crippen LogP contribution in [0.15, 0.2) is 52.2 Å². The molecule has 1 aromatic heterocycles. The zero-order valence-electron chi connectivity index (χ0n) is 10.1. The predicted octanol–water partition coefficient (Wildman–Crippen LogP) is 1.40. The third-order valence-corrected chi connectivity index (χ3v) is 2.33. The average molecular weight is 255 g/mol. The molecular formula is C14H13N3O2. The summed E-state index contributed by atoms with van der Waals surface area (Å²) in [6.45, 7) is 0. The van der Waals surface area contributed by atoms with Crippen molar-refractivity contribution in [1.29, 1.82) is 0 Å². The molecule has 0 bridgehead atoms. The maximum absolute atomic E-state index is 9.15. The van der Waals surface area contributed by atoms with Crippen molar-refractivity contribution >= 4 is 5.84 Å². The second-order valence-electron chi connectivity index (χ2n) is 3.71. The highest BCUT2D eigenvalue weighted by molar-refractivity contribution is 5.97. The van der Waals surface area contributed by atoms with Gasteiger partial charge in [0.1, 0.15) is 11.5 Å². The van der Waals surface area contributed by atoms with Crippen LogP contribution in [0.2, 0.25) is 0 Å². The molecule has 96 valence electrons. The summed E-state index contributed by atoms with van der Waals surface area (Å²) in [6.07, 6.45) is 2.11. The normalized spacial score (nSPS) is 10.6. The van der Waals surface area contributed by atoms with Crippen molar-refractivity contribution in [2.24, 2.45) is 10.8 Å². The van der Waals surface area contributed by atoms with Crippen LogP contribution in [0.4, 0.5) is 0 Å². The number of hydrogen-bond donors (Lipinski definition) is 3. The number of hydrazone groups is 1. The van der Waals surface area contributed by atoms with E-state index in [4.69, 9.17) is 15.3 Å². The summed E-state index contributed by atoms with van der Waals surface area (Å²) >= 11 is 0. The third-order valence-electron chi connectivity index (χ3n) is 2.33. The fraction of sp³-hybridized carbons (Fsp3) is 0.0714. The van der Waals surface area contributed by atoms with Crippen LogP contribution < -0.4 is 11.2 Å². The summed E-state index contributed by atoms with van der Waals surface area (Å²) in [4.78, 5) is 0. The summed E-state index contributed by atoms with van der Waals surface area (Å²) in [7, 11) is 0. The molecule has 0 fully saturated rings. The van der Waals surface area contributed by atoms with Gasteiger partial charge in [0, 0.05) is 11.6 Å². The lowest BCUT2D eigenvalue weighted by atomic mass is 10.2. The lowest BCUT2D eigenvalue weighted by Crippen LogP contribution is -2.16. The van der Waals surface area contributed by atoms with Crippen LogP contribution in [0, 0.1) is 12.0 Å². The van der Waals surface area contributed by atoms with E-state index in [1.54, 1.807) is 30.5 Å². The topological polar surface area (TPSA) is 83.8 Å². The maximum atomic E-state index is 9.15. The van der Waals surface area contributed by atoms with Crippen molar-refractivity contribution in [3.05, 3.63) is 54.0 Å². The van der Waals surface area contributed by atoms with Crippen LogP contribution in [0.5, 0.6) is 5.75 Å². The van der Waals surface area contributed by atoms with Crippen LogP contribution in [0.25, 0.3) is 0 Å². The minimum atomic E-state index is 0.183. The largest absolute Gasteiger partial charge is 0.508 e. The van der Waals surface area contributed by atoms with Gasteiger partial charge in [-0.25, -0.2) is 5.43 Å². The molecule has 0 atom stereocenters. The quantitative estimate of drug-likeness (QED) is 0.254. The van der Waals surface area contributed by atoms with Gasteiger partial charge < -0.3 is 15.3 Å². The molecule has 0 amide bonds. The SMILES string of the molecule is NC(=NNC#CCc1ccco1)c1ccc(O)cc1. The molecule has 5 nitrogen and oxygen atoms in total. The number of nitrogens with zero attached hydrogens (tertiary/aromatic N) is 1. The Morgan fingerprint density at radius 3 is 2.79 bits per heavy atom. The van der Waals surface area contributed by atoms with Gasteiger partial charge in [-0.15, -0.1) is 5.10 Å². The highest BCUT2D eigenvalue weighted by Crippen LogP contribution is 2.08. The van der Waals surface area contributed by atoms with Crippen LogP contribution in [-0.2, 0) is 6.42 Å². The Morgan fingerprint density at radius 2 is 2.11 bits per heavy atom. The zero-order chi connectivity index (χ0) is 13.5. The van der Waals surface area contributed by atoms with Crippen LogP contribution >= 0.6 is 0 Å². The minimum absolute atomic E-state index is 0.183. The van der Waals surface area contributed by atoms with Crippen LogP contribution in [-0.4, -0.2) is 10.9 Å². The number of benzene rings is 1. The van der Waals surface area contributed by atoms with E-state index in [2.05, 4.69) is 22.5 Å². The average Bonchev–Trinajstić information content (AvgIpc) is 2.92. The number of phenolic OH excluding ortho intramolecular Hbond substituents is 1. The van der Waals surface area contributed by atoms with Crippen LogP contribution in [0.1, 0.15) is 11.3 Å². The first-order valence-corrected chi connectivity index (χ1v) is 5.63. The molecule has 0 unspecified atom stereocenters. The molecule has 0 aliphatic rings. The molecule has 1 aromatic carbocycles. The summed E-state index contributed by atoms with van der Waals surface area (Å²) in [6, 6.07) is 12.7. The van der Waals surface area contributed by atoms with E-state index in [0.717, 1.165) is 5.76 Å². The molecule has 0 saturated carbocycles. The molecule has 2 rings (SSSR count). The van der Waals surface area contributed by atoms with Crippen molar-refractivity contribution in [3.8, 4) is 17.7 Å². The van der Waals surface area contributed by atoms with Crippen molar-refractivity contribution in [1.82, 2.24) is 5.43 Å². The number of rotatable bonds is 3. The number of aromatic hydroxyl groups is 1. The van der Waals surface area contributed by atoms with Gasteiger partial charge in [0.2, 0.25) is 0 Å². The molecule has 0 aliphatic heterocycles. The fourth-order valence-corrected chi connectivity index (χ4v) is 1.37. The number of nitrogens with two attached hydrogens (primary N) is 1. The van der Waals surface area contributed by atoms with Crippen LogP contribution in [0.3, 0.4) is 0 Å². The highest BCUT2D eigenvalue weighted by atomic mass is 16.3. The first-order chi connectivity index (χ1) is 9.25.